The van der Waals surface area contributed by atoms with Crippen LogP contribution in [-0.4, -0.2) is 66.3 Å². The number of rotatable bonds is 5. The van der Waals surface area contributed by atoms with Crippen LogP contribution in [0.2, 0.25) is 0 Å². The summed E-state index contributed by atoms with van der Waals surface area (Å²) in [5, 5.41) is 12.6. The molecule has 1 aromatic carbocycles. The van der Waals surface area contributed by atoms with Gasteiger partial charge in [0, 0.05) is 38.6 Å². The van der Waals surface area contributed by atoms with E-state index in [4.69, 9.17) is 0 Å². The van der Waals surface area contributed by atoms with Crippen LogP contribution in [0.4, 0.5) is 4.79 Å². The molecule has 0 aromatic heterocycles. The fourth-order valence-corrected chi connectivity index (χ4v) is 4.11. The minimum absolute atomic E-state index is 0.0800. The number of piperidine rings is 2. The zero-order valence-electron chi connectivity index (χ0n) is 16.0. The van der Waals surface area contributed by atoms with E-state index in [0.717, 1.165) is 71.4 Å². The lowest BCUT2D eigenvalue weighted by Crippen LogP contribution is -2.45. The molecule has 2 aliphatic rings. The van der Waals surface area contributed by atoms with Gasteiger partial charge in [0.15, 0.2) is 0 Å². The summed E-state index contributed by atoms with van der Waals surface area (Å²) in [5.74, 6) is 0.453. The summed E-state index contributed by atoms with van der Waals surface area (Å²) in [5.41, 5.74) is 2.64. The van der Waals surface area contributed by atoms with E-state index >= 15 is 0 Å². The van der Waals surface area contributed by atoms with Crippen LogP contribution in [-0.2, 0) is 0 Å². The Kier molecular flexibility index (Phi) is 6.92. The van der Waals surface area contributed by atoms with E-state index in [-0.39, 0.29) is 12.1 Å². The number of carbonyl (C=O) groups is 1. The van der Waals surface area contributed by atoms with Crippen molar-refractivity contribution in [3.8, 4) is 0 Å². The number of nitrogens with zero attached hydrogens (tertiary/aromatic N) is 2. The molecule has 0 unspecified atom stereocenters. The third-order valence-electron chi connectivity index (χ3n) is 5.71. The fraction of sp³-hybridized carbons (Fsp3) is 0.667. The third-order valence-corrected chi connectivity index (χ3v) is 5.71. The van der Waals surface area contributed by atoms with E-state index in [1.807, 2.05) is 4.90 Å². The Balaban J connectivity index is 1.39. The molecule has 2 fully saturated rings. The molecule has 0 radical (unpaired) electrons. The third kappa shape index (κ3) is 5.45. The van der Waals surface area contributed by atoms with Crippen molar-refractivity contribution in [3.05, 3.63) is 35.4 Å². The monoisotopic (exact) mass is 359 g/mol. The Morgan fingerprint density at radius 2 is 2.04 bits per heavy atom. The smallest absolute Gasteiger partial charge is 0.317 e. The van der Waals surface area contributed by atoms with Gasteiger partial charge in [0.05, 0.1) is 6.10 Å². The fourth-order valence-electron chi connectivity index (χ4n) is 4.11. The molecule has 144 valence electrons. The normalized spacial score (nSPS) is 22.4. The minimum atomic E-state index is -0.119. The standard InChI is InChI=1S/C21H33N3O2/c1-17-5-2-6-18(15-17)19-7-3-12-24(16-19)21(26)22-10-4-11-23-13-8-20(25)9-14-23/h2,5-6,15,19-20,25H,3-4,7-14,16H2,1H3,(H,22,26)/t19-/m0/s1. The van der Waals surface area contributed by atoms with Gasteiger partial charge in [0.1, 0.15) is 0 Å². The van der Waals surface area contributed by atoms with Crippen LogP contribution in [0.15, 0.2) is 24.3 Å². The minimum Gasteiger partial charge on any atom is -0.393 e. The van der Waals surface area contributed by atoms with Gasteiger partial charge in [-0.3, -0.25) is 0 Å². The van der Waals surface area contributed by atoms with Crippen LogP contribution >= 0.6 is 0 Å². The van der Waals surface area contributed by atoms with Gasteiger partial charge in [-0.25, -0.2) is 4.79 Å². The number of urea groups is 1. The lowest BCUT2D eigenvalue weighted by Gasteiger charge is -2.33. The second-order valence-corrected chi connectivity index (χ2v) is 7.86. The molecule has 0 saturated carbocycles. The first-order valence-electron chi connectivity index (χ1n) is 10.1. The summed E-state index contributed by atoms with van der Waals surface area (Å²) in [6.45, 7) is 7.47. The largest absolute Gasteiger partial charge is 0.393 e. The maximum Gasteiger partial charge on any atom is 0.317 e. The molecule has 2 amide bonds. The summed E-state index contributed by atoms with van der Waals surface area (Å²) >= 11 is 0. The second kappa shape index (κ2) is 9.38. The molecule has 1 atom stereocenters. The van der Waals surface area contributed by atoms with Crippen LogP contribution in [0.3, 0.4) is 0 Å². The number of amides is 2. The van der Waals surface area contributed by atoms with Gasteiger partial charge < -0.3 is 20.2 Å². The van der Waals surface area contributed by atoms with Crippen LogP contribution in [0, 0.1) is 6.92 Å². The number of nitrogens with one attached hydrogen (secondary N) is 1. The number of carbonyl (C=O) groups excluding carboxylic acids is 1. The number of hydrogen-bond acceptors (Lipinski definition) is 3. The van der Waals surface area contributed by atoms with Crippen molar-refractivity contribution in [2.45, 2.75) is 51.0 Å². The summed E-state index contributed by atoms with van der Waals surface area (Å²) in [6, 6.07) is 8.76. The molecular weight excluding hydrogens is 326 g/mol. The van der Waals surface area contributed by atoms with Crippen LogP contribution in [0.5, 0.6) is 0 Å². The number of benzene rings is 1. The quantitative estimate of drug-likeness (QED) is 0.795. The average molecular weight is 360 g/mol. The Morgan fingerprint density at radius 1 is 1.23 bits per heavy atom. The van der Waals surface area contributed by atoms with Crippen LogP contribution in [0.25, 0.3) is 0 Å². The average Bonchev–Trinajstić information content (AvgIpc) is 2.66. The van der Waals surface area contributed by atoms with Crippen molar-refractivity contribution < 1.29 is 9.90 Å². The highest BCUT2D eigenvalue weighted by Gasteiger charge is 2.24. The van der Waals surface area contributed by atoms with Crippen molar-refractivity contribution in [1.82, 2.24) is 15.1 Å². The summed E-state index contributed by atoms with van der Waals surface area (Å²) in [7, 11) is 0. The summed E-state index contributed by atoms with van der Waals surface area (Å²) in [4.78, 5) is 16.9. The number of hydrogen-bond donors (Lipinski definition) is 2. The van der Waals surface area contributed by atoms with Gasteiger partial charge in [-0.1, -0.05) is 29.8 Å². The van der Waals surface area contributed by atoms with Crippen molar-refractivity contribution >= 4 is 6.03 Å². The number of aryl methyl sites for hydroxylation is 1. The SMILES string of the molecule is Cc1cccc([C@H]2CCCN(C(=O)NCCCN3CCC(O)CC3)C2)c1. The predicted octanol–water partition coefficient (Wildman–Crippen LogP) is 2.73. The van der Waals surface area contributed by atoms with Gasteiger partial charge in [-0.2, -0.15) is 0 Å². The first-order valence-corrected chi connectivity index (χ1v) is 10.1. The Labute approximate surface area is 157 Å². The van der Waals surface area contributed by atoms with Crippen molar-refractivity contribution in [2.75, 3.05) is 39.3 Å². The Bertz CT molecular complexity index is 584. The molecular formula is C21H33N3O2. The highest BCUT2D eigenvalue weighted by Crippen LogP contribution is 2.27. The first kappa shape index (κ1) is 19.2. The molecule has 0 aliphatic carbocycles. The maximum atomic E-state index is 12.5. The molecule has 2 heterocycles. The summed E-state index contributed by atoms with van der Waals surface area (Å²) in [6.07, 6.45) is 4.83. The molecule has 2 N–H and O–H groups in total. The van der Waals surface area contributed by atoms with Crippen LogP contribution < -0.4 is 5.32 Å². The number of aliphatic hydroxyl groups is 1. The topological polar surface area (TPSA) is 55.8 Å². The molecule has 26 heavy (non-hydrogen) atoms. The lowest BCUT2D eigenvalue weighted by molar-refractivity contribution is 0.0821. The molecule has 5 nitrogen and oxygen atoms in total. The van der Waals surface area contributed by atoms with Gasteiger partial charge in [0.25, 0.3) is 0 Å². The first-order chi connectivity index (χ1) is 12.6. The van der Waals surface area contributed by atoms with Crippen LogP contribution in [0.1, 0.15) is 49.1 Å². The van der Waals surface area contributed by atoms with E-state index < -0.39 is 0 Å². The van der Waals surface area contributed by atoms with E-state index in [1.54, 1.807) is 0 Å². The highest BCUT2D eigenvalue weighted by atomic mass is 16.3. The summed E-state index contributed by atoms with van der Waals surface area (Å²) < 4.78 is 0. The molecule has 2 saturated heterocycles. The van der Waals surface area contributed by atoms with E-state index in [0.29, 0.717) is 5.92 Å². The lowest BCUT2D eigenvalue weighted by atomic mass is 9.90. The van der Waals surface area contributed by atoms with Gasteiger partial charge in [-0.05, 0) is 51.1 Å². The zero-order chi connectivity index (χ0) is 18.4. The Hall–Kier alpha value is -1.59. The second-order valence-electron chi connectivity index (χ2n) is 7.86. The number of likely N-dealkylation sites (tertiary alicyclic amines) is 2. The number of aliphatic hydroxyl groups excluding tert-OH is 1. The van der Waals surface area contributed by atoms with Gasteiger partial charge in [0.2, 0.25) is 0 Å². The molecule has 3 rings (SSSR count). The van der Waals surface area contributed by atoms with E-state index in [2.05, 4.69) is 41.4 Å². The molecule has 2 aliphatic heterocycles. The maximum absolute atomic E-state index is 12.5. The molecule has 5 heteroatoms. The Morgan fingerprint density at radius 3 is 2.81 bits per heavy atom. The zero-order valence-corrected chi connectivity index (χ0v) is 16.0. The molecule has 0 spiro atoms. The van der Waals surface area contributed by atoms with Crippen molar-refractivity contribution in [1.29, 1.82) is 0 Å². The van der Waals surface area contributed by atoms with E-state index in [9.17, 15) is 9.90 Å². The predicted molar refractivity (Wildman–Crippen MR) is 104 cm³/mol. The highest BCUT2D eigenvalue weighted by molar-refractivity contribution is 5.74. The van der Waals surface area contributed by atoms with Gasteiger partial charge in [-0.15, -0.1) is 0 Å². The molecule has 1 aromatic rings. The van der Waals surface area contributed by atoms with Gasteiger partial charge >= 0.3 is 6.03 Å². The molecule has 0 bridgehead atoms. The van der Waals surface area contributed by atoms with Crippen molar-refractivity contribution in [2.24, 2.45) is 0 Å². The van der Waals surface area contributed by atoms with Crippen molar-refractivity contribution in [3.63, 3.8) is 0 Å². The van der Waals surface area contributed by atoms with E-state index in [1.165, 1.54) is 11.1 Å².